The van der Waals surface area contributed by atoms with E-state index in [2.05, 4.69) is 22.0 Å². The predicted molar refractivity (Wildman–Crippen MR) is 163 cm³/mol. The molecule has 0 aromatic heterocycles. The minimum Gasteiger partial charge on any atom is -0.496 e. The van der Waals surface area contributed by atoms with Crippen LogP contribution < -0.4 is 10.1 Å². The van der Waals surface area contributed by atoms with Gasteiger partial charge in [0.2, 0.25) is 6.41 Å². The van der Waals surface area contributed by atoms with Crippen LogP contribution in [0.2, 0.25) is 0 Å². The van der Waals surface area contributed by atoms with Crippen LogP contribution in [-0.4, -0.2) is 77.5 Å². The van der Waals surface area contributed by atoms with Gasteiger partial charge in [-0.1, -0.05) is 50.1 Å². The number of nitrogens with one attached hydrogen (secondary N) is 1. The van der Waals surface area contributed by atoms with E-state index in [0.717, 1.165) is 87.4 Å². The van der Waals surface area contributed by atoms with Crippen LogP contribution in [0, 0.1) is 11.3 Å². The maximum Gasteiger partial charge on any atom is 0.207 e. The number of hydrogen-bond acceptors (Lipinski definition) is 7. The van der Waals surface area contributed by atoms with Crippen LogP contribution in [0.4, 0.5) is 0 Å². The van der Waals surface area contributed by atoms with Crippen LogP contribution in [0.1, 0.15) is 62.6 Å². The van der Waals surface area contributed by atoms with E-state index in [1.165, 1.54) is 19.1 Å². The molecule has 1 aliphatic heterocycles. The Morgan fingerprint density at radius 3 is 2.27 bits per heavy atom. The van der Waals surface area contributed by atoms with Gasteiger partial charge in [-0.2, -0.15) is 0 Å². The Bertz CT molecular complexity index is 1210. The van der Waals surface area contributed by atoms with E-state index >= 15 is 0 Å². The van der Waals surface area contributed by atoms with Crippen molar-refractivity contribution in [2.45, 2.75) is 62.9 Å². The van der Waals surface area contributed by atoms with Gasteiger partial charge >= 0.3 is 0 Å². The molecule has 1 aliphatic carbocycles. The van der Waals surface area contributed by atoms with Gasteiger partial charge in [0.25, 0.3) is 0 Å². The average molecular weight is 586 g/mol. The number of ether oxygens (including phenoxy) is 1. The maximum absolute atomic E-state index is 12.1. The fraction of sp³-hybridized carbons (Fsp3) is 0.562. The Hall–Kier alpha value is -2.75. The van der Waals surface area contributed by atoms with Gasteiger partial charge in [-0.15, -0.1) is 0 Å². The first kappa shape index (κ1) is 32.8. The first-order valence-corrected chi connectivity index (χ1v) is 16.5. The lowest BCUT2D eigenvalue weighted by Gasteiger charge is -2.39. The standard InChI is InChI=1S/C28H39N3O5S.C4H8/c1-30(20-23-8-10-24(11-9-23)37(3,34)35)17-13-28(21-32)14-18-31(19-15-28)16-12-26(29-22-33)25-6-4-5-7-27(25)36-2;1-4-2-3-4/h4-11,21-22,26H,12-20H2,1-3H3,(H,29,33);4H,2-3H2,1H3. The molecule has 1 amide bonds. The van der Waals surface area contributed by atoms with E-state index in [9.17, 15) is 18.0 Å². The second kappa shape index (κ2) is 15.5. The van der Waals surface area contributed by atoms with Gasteiger partial charge in [-0.3, -0.25) is 4.79 Å². The zero-order valence-corrected chi connectivity index (χ0v) is 25.9. The average Bonchev–Trinajstić information content (AvgIpc) is 3.77. The van der Waals surface area contributed by atoms with E-state index in [1.807, 2.05) is 43.4 Å². The zero-order valence-electron chi connectivity index (χ0n) is 25.1. The monoisotopic (exact) mass is 585 g/mol. The Morgan fingerprint density at radius 1 is 1.10 bits per heavy atom. The lowest BCUT2D eigenvalue weighted by atomic mass is 9.77. The Kier molecular flexibility index (Phi) is 12.4. The molecule has 9 heteroatoms. The lowest BCUT2D eigenvalue weighted by Crippen LogP contribution is -2.43. The minimum atomic E-state index is -3.20. The molecule has 4 rings (SSSR count). The molecular weight excluding hydrogens is 538 g/mol. The van der Waals surface area contributed by atoms with Crippen molar-refractivity contribution in [3.8, 4) is 5.75 Å². The molecule has 0 bridgehead atoms. The zero-order chi connectivity index (χ0) is 29.9. The number of para-hydroxylation sites is 1. The molecule has 226 valence electrons. The van der Waals surface area contributed by atoms with E-state index in [-0.39, 0.29) is 11.5 Å². The SMILES string of the molecule is CC1CC1.COc1ccccc1C(CCN1CCC(C=O)(CCN(C)Cc2ccc(S(C)(=O)=O)cc2)CC1)NC=O. The first-order valence-electron chi connectivity index (χ1n) is 14.6. The molecule has 1 saturated heterocycles. The minimum absolute atomic E-state index is 0.133. The fourth-order valence-electron chi connectivity index (χ4n) is 5.14. The van der Waals surface area contributed by atoms with E-state index < -0.39 is 9.84 Å². The largest absolute Gasteiger partial charge is 0.496 e. The van der Waals surface area contributed by atoms with Crippen molar-refractivity contribution in [1.29, 1.82) is 0 Å². The van der Waals surface area contributed by atoms with Gasteiger partial charge in [0.05, 0.1) is 18.0 Å². The summed E-state index contributed by atoms with van der Waals surface area (Å²) >= 11 is 0. The number of carbonyl (C=O) groups excluding carboxylic acids is 2. The van der Waals surface area contributed by atoms with Crippen molar-refractivity contribution in [2.24, 2.45) is 11.3 Å². The molecule has 2 aromatic rings. The van der Waals surface area contributed by atoms with Crippen molar-refractivity contribution in [2.75, 3.05) is 46.6 Å². The van der Waals surface area contributed by atoms with Crippen LogP contribution in [0.3, 0.4) is 0 Å². The second-order valence-corrected chi connectivity index (χ2v) is 13.8. The van der Waals surface area contributed by atoms with Crippen molar-refractivity contribution in [3.63, 3.8) is 0 Å². The molecule has 41 heavy (non-hydrogen) atoms. The fourth-order valence-corrected chi connectivity index (χ4v) is 5.77. The number of likely N-dealkylation sites (tertiary alicyclic amines) is 1. The number of benzene rings is 2. The quantitative estimate of drug-likeness (QED) is 0.326. The third kappa shape index (κ3) is 10.5. The summed E-state index contributed by atoms with van der Waals surface area (Å²) in [6.07, 6.45) is 9.24. The predicted octanol–water partition coefficient (Wildman–Crippen LogP) is 4.50. The summed E-state index contributed by atoms with van der Waals surface area (Å²) in [5, 5.41) is 2.92. The van der Waals surface area contributed by atoms with Crippen molar-refractivity contribution in [1.82, 2.24) is 15.1 Å². The molecule has 1 N–H and O–H groups in total. The molecule has 0 spiro atoms. The van der Waals surface area contributed by atoms with E-state index in [1.54, 1.807) is 19.2 Å². The number of sulfone groups is 1. The van der Waals surface area contributed by atoms with Crippen LogP contribution in [0.5, 0.6) is 5.75 Å². The molecular formula is C32H47N3O5S. The molecule has 2 aliphatic rings. The normalized spacial score (nSPS) is 17.7. The molecule has 0 radical (unpaired) electrons. The van der Waals surface area contributed by atoms with Gasteiger partial charge in [-0.25, -0.2) is 8.42 Å². The molecule has 1 saturated carbocycles. The number of amides is 1. The Morgan fingerprint density at radius 2 is 1.73 bits per heavy atom. The van der Waals surface area contributed by atoms with Crippen molar-refractivity contribution in [3.05, 3.63) is 59.7 Å². The van der Waals surface area contributed by atoms with E-state index in [4.69, 9.17) is 4.74 Å². The summed E-state index contributed by atoms with van der Waals surface area (Å²) in [7, 11) is 0.456. The number of hydrogen-bond donors (Lipinski definition) is 1. The molecule has 2 aromatic carbocycles. The smallest absolute Gasteiger partial charge is 0.207 e. The summed E-state index contributed by atoms with van der Waals surface area (Å²) in [4.78, 5) is 28.2. The molecule has 2 fully saturated rings. The van der Waals surface area contributed by atoms with Crippen molar-refractivity contribution >= 4 is 22.5 Å². The number of piperidine rings is 1. The number of carbonyl (C=O) groups is 2. The van der Waals surface area contributed by atoms with Gasteiger partial charge in [0.15, 0.2) is 9.84 Å². The number of methoxy groups -OCH3 is 1. The Labute approximate surface area is 246 Å². The van der Waals surface area contributed by atoms with Crippen LogP contribution in [-0.2, 0) is 26.0 Å². The summed E-state index contributed by atoms with van der Waals surface area (Å²) < 4.78 is 28.8. The van der Waals surface area contributed by atoms with Gasteiger partial charge in [0, 0.05) is 30.3 Å². The van der Waals surface area contributed by atoms with E-state index in [0.29, 0.717) is 11.4 Å². The Balaban J connectivity index is 0.00000106. The summed E-state index contributed by atoms with van der Waals surface area (Å²) in [5.74, 6) is 1.84. The number of aldehydes is 1. The summed E-state index contributed by atoms with van der Waals surface area (Å²) in [5.41, 5.74) is 1.68. The molecule has 1 unspecified atom stereocenters. The maximum atomic E-state index is 12.1. The summed E-state index contributed by atoms with van der Waals surface area (Å²) in [6, 6.07) is 14.6. The highest BCUT2D eigenvalue weighted by Gasteiger charge is 2.34. The topological polar surface area (TPSA) is 96.0 Å². The third-order valence-corrected chi connectivity index (χ3v) is 9.41. The van der Waals surface area contributed by atoms with Gasteiger partial charge < -0.3 is 24.6 Å². The van der Waals surface area contributed by atoms with Crippen LogP contribution in [0.15, 0.2) is 53.4 Å². The second-order valence-electron chi connectivity index (χ2n) is 11.8. The van der Waals surface area contributed by atoms with Gasteiger partial charge in [-0.05, 0) is 82.0 Å². The third-order valence-electron chi connectivity index (χ3n) is 8.28. The van der Waals surface area contributed by atoms with Crippen LogP contribution >= 0.6 is 0 Å². The molecule has 1 heterocycles. The molecule has 8 nitrogen and oxygen atoms in total. The highest BCUT2D eigenvalue weighted by molar-refractivity contribution is 7.90. The number of rotatable bonds is 14. The summed E-state index contributed by atoms with van der Waals surface area (Å²) in [6.45, 7) is 6.26. The highest BCUT2D eigenvalue weighted by Crippen LogP contribution is 2.34. The highest BCUT2D eigenvalue weighted by atomic mass is 32.2. The van der Waals surface area contributed by atoms with Crippen LogP contribution in [0.25, 0.3) is 0 Å². The first-order chi connectivity index (χ1) is 19.6. The molecule has 1 atom stereocenters. The van der Waals surface area contributed by atoms with Crippen molar-refractivity contribution < 1.29 is 22.7 Å². The number of nitrogens with zero attached hydrogens (tertiary/aromatic N) is 2. The van der Waals surface area contributed by atoms with Gasteiger partial charge in [0.1, 0.15) is 12.0 Å². The lowest BCUT2D eigenvalue weighted by molar-refractivity contribution is -0.119.